The Morgan fingerprint density at radius 2 is 2.18 bits per heavy atom. The van der Waals surface area contributed by atoms with Gasteiger partial charge >= 0.3 is 0 Å². The van der Waals surface area contributed by atoms with Gasteiger partial charge in [-0.2, -0.15) is 0 Å². The number of hydrogen-bond acceptors (Lipinski definition) is 3. The number of piperidine rings is 1. The number of nitrogens with zero attached hydrogens (tertiary/aromatic N) is 2. The minimum absolute atomic E-state index is 0.631. The molecule has 0 radical (unpaired) electrons. The zero-order chi connectivity index (χ0) is 15.2. The predicted molar refractivity (Wildman–Crippen MR) is 88.1 cm³/mol. The highest BCUT2D eigenvalue weighted by Gasteiger charge is 2.20. The normalized spacial score (nSPS) is 19.2. The van der Waals surface area contributed by atoms with E-state index in [1.54, 1.807) is 0 Å². The zero-order valence-corrected chi connectivity index (χ0v) is 13.3. The second kappa shape index (κ2) is 7.45. The third-order valence-corrected chi connectivity index (χ3v) is 4.33. The average Bonchev–Trinajstić information content (AvgIpc) is 3.06. The molecule has 1 atom stereocenters. The quantitative estimate of drug-likeness (QED) is 0.891. The number of aromatic amines is 1. The van der Waals surface area contributed by atoms with E-state index in [4.69, 9.17) is 4.74 Å². The molecule has 1 saturated heterocycles. The predicted octanol–water partition coefficient (Wildman–Crippen LogP) is 3.05. The SMILES string of the molecule is Cc1ccc(OCC2CCCN(CCc3ncc[nH]3)C2)cc1. The molecule has 0 bridgehead atoms. The number of rotatable bonds is 6. The highest BCUT2D eigenvalue weighted by Crippen LogP contribution is 2.19. The van der Waals surface area contributed by atoms with E-state index in [9.17, 15) is 0 Å². The fourth-order valence-electron chi connectivity index (χ4n) is 3.04. The van der Waals surface area contributed by atoms with Gasteiger partial charge in [0.15, 0.2) is 0 Å². The molecule has 1 unspecified atom stereocenters. The number of nitrogens with one attached hydrogen (secondary N) is 1. The zero-order valence-electron chi connectivity index (χ0n) is 13.3. The van der Waals surface area contributed by atoms with Crippen molar-refractivity contribution in [3.05, 3.63) is 48.0 Å². The molecule has 2 aromatic rings. The number of aryl methyl sites for hydroxylation is 1. The first-order chi connectivity index (χ1) is 10.8. The van der Waals surface area contributed by atoms with Crippen molar-refractivity contribution >= 4 is 0 Å². The standard InChI is InChI=1S/C18H25N3O/c1-15-4-6-17(7-5-15)22-14-16-3-2-11-21(13-16)12-8-18-19-9-10-20-18/h4-7,9-10,16H,2-3,8,11-14H2,1H3,(H,19,20). The van der Waals surface area contributed by atoms with E-state index < -0.39 is 0 Å². The molecule has 1 aliphatic rings. The summed E-state index contributed by atoms with van der Waals surface area (Å²) in [6.45, 7) is 6.32. The smallest absolute Gasteiger partial charge is 0.119 e. The number of imidazole rings is 1. The summed E-state index contributed by atoms with van der Waals surface area (Å²) in [5, 5.41) is 0. The van der Waals surface area contributed by atoms with Crippen molar-refractivity contribution in [2.45, 2.75) is 26.2 Å². The highest BCUT2D eigenvalue weighted by atomic mass is 16.5. The summed E-state index contributed by atoms with van der Waals surface area (Å²) in [5.74, 6) is 2.70. The second-order valence-electron chi connectivity index (χ2n) is 6.22. The molecule has 118 valence electrons. The van der Waals surface area contributed by atoms with Crippen LogP contribution in [0, 0.1) is 12.8 Å². The van der Waals surface area contributed by atoms with Crippen LogP contribution in [0.15, 0.2) is 36.7 Å². The van der Waals surface area contributed by atoms with Crippen LogP contribution in [0.1, 0.15) is 24.2 Å². The van der Waals surface area contributed by atoms with Crippen LogP contribution >= 0.6 is 0 Å². The molecule has 1 aromatic carbocycles. The molecule has 0 spiro atoms. The van der Waals surface area contributed by atoms with E-state index in [0.717, 1.165) is 37.7 Å². The molecule has 4 heteroatoms. The lowest BCUT2D eigenvalue weighted by Gasteiger charge is -2.32. The van der Waals surface area contributed by atoms with Crippen LogP contribution in [0.5, 0.6) is 5.75 Å². The van der Waals surface area contributed by atoms with E-state index in [1.807, 2.05) is 12.4 Å². The lowest BCUT2D eigenvalue weighted by molar-refractivity contribution is 0.131. The summed E-state index contributed by atoms with van der Waals surface area (Å²) < 4.78 is 5.95. The molecule has 0 saturated carbocycles. The minimum atomic E-state index is 0.631. The summed E-state index contributed by atoms with van der Waals surface area (Å²) >= 11 is 0. The molecule has 0 aliphatic carbocycles. The van der Waals surface area contributed by atoms with Crippen molar-refractivity contribution in [1.29, 1.82) is 0 Å². The number of benzene rings is 1. The van der Waals surface area contributed by atoms with Crippen molar-refractivity contribution in [1.82, 2.24) is 14.9 Å². The van der Waals surface area contributed by atoms with E-state index >= 15 is 0 Å². The van der Waals surface area contributed by atoms with Crippen molar-refractivity contribution in [3.63, 3.8) is 0 Å². The first-order valence-electron chi connectivity index (χ1n) is 8.19. The van der Waals surface area contributed by atoms with Gasteiger partial charge in [0.2, 0.25) is 0 Å². The Kier molecular flexibility index (Phi) is 5.11. The van der Waals surface area contributed by atoms with E-state index in [1.165, 1.54) is 24.9 Å². The minimum Gasteiger partial charge on any atom is -0.493 e. The van der Waals surface area contributed by atoms with Gasteiger partial charge in [-0.3, -0.25) is 0 Å². The van der Waals surface area contributed by atoms with Crippen LogP contribution in [-0.2, 0) is 6.42 Å². The van der Waals surface area contributed by atoms with E-state index in [-0.39, 0.29) is 0 Å². The maximum atomic E-state index is 5.95. The van der Waals surface area contributed by atoms with Gasteiger partial charge in [-0.25, -0.2) is 4.98 Å². The number of hydrogen-bond donors (Lipinski definition) is 1. The lowest BCUT2D eigenvalue weighted by Crippen LogP contribution is -2.38. The summed E-state index contributed by atoms with van der Waals surface area (Å²) in [6, 6.07) is 8.33. The second-order valence-corrected chi connectivity index (χ2v) is 6.22. The van der Waals surface area contributed by atoms with Crippen LogP contribution in [0.25, 0.3) is 0 Å². The monoisotopic (exact) mass is 299 g/mol. The van der Waals surface area contributed by atoms with Gasteiger partial charge in [0.25, 0.3) is 0 Å². The molecule has 1 aliphatic heterocycles. The Morgan fingerprint density at radius 3 is 2.95 bits per heavy atom. The lowest BCUT2D eigenvalue weighted by atomic mass is 9.99. The average molecular weight is 299 g/mol. The first kappa shape index (κ1) is 15.1. The number of ether oxygens (including phenoxy) is 1. The molecule has 0 amide bonds. The molecule has 4 nitrogen and oxygen atoms in total. The third kappa shape index (κ3) is 4.34. The van der Waals surface area contributed by atoms with Crippen molar-refractivity contribution < 1.29 is 4.74 Å². The summed E-state index contributed by atoms with van der Waals surface area (Å²) in [6.07, 6.45) is 7.25. The highest BCUT2D eigenvalue weighted by molar-refractivity contribution is 5.26. The van der Waals surface area contributed by atoms with Crippen LogP contribution in [0.4, 0.5) is 0 Å². The fraction of sp³-hybridized carbons (Fsp3) is 0.500. The van der Waals surface area contributed by atoms with Crippen LogP contribution in [-0.4, -0.2) is 41.1 Å². The topological polar surface area (TPSA) is 41.1 Å². The Morgan fingerprint density at radius 1 is 1.32 bits per heavy atom. The van der Waals surface area contributed by atoms with Crippen molar-refractivity contribution in [2.24, 2.45) is 5.92 Å². The summed E-state index contributed by atoms with van der Waals surface area (Å²) in [7, 11) is 0. The summed E-state index contributed by atoms with van der Waals surface area (Å²) in [4.78, 5) is 10.0. The van der Waals surface area contributed by atoms with Crippen molar-refractivity contribution in [2.75, 3.05) is 26.2 Å². The molecular weight excluding hydrogens is 274 g/mol. The van der Waals surface area contributed by atoms with Gasteiger partial charge in [-0.05, 0) is 38.4 Å². The maximum absolute atomic E-state index is 5.95. The van der Waals surface area contributed by atoms with E-state index in [0.29, 0.717) is 5.92 Å². The molecule has 1 N–H and O–H groups in total. The molecule has 1 aromatic heterocycles. The first-order valence-corrected chi connectivity index (χ1v) is 8.19. The summed E-state index contributed by atoms with van der Waals surface area (Å²) in [5.41, 5.74) is 1.27. The van der Waals surface area contributed by atoms with Crippen LogP contribution in [0.2, 0.25) is 0 Å². The third-order valence-electron chi connectivity index (χ3n) is 4.33. The number of aromatic nitrogens is 2. The van der Waals surface area contributed by atoms with E-state index in [2.05, 4.69) is 46.1 Å². The molecule has 1 fully saturated rings. The van der Waals surface area contributed by atoms with Crippen LogP contribution in [0.3, 0.4) is 0 Å². The van der Waals surface area contributed by atoms with Gasteiger partial charge < -0.3 is 14.6 Å². The van der Waals surface area contributed by atoms with Gasteiger partial charge in [0.1, 0.15) is 11.6 Å². The molecule has 22 heavy (non-hydrogen) atoms. The fourth-order valence-corrected chi connectivity index (χ4v) is 3.04. The maximum Gasteiger partial charge on any atom is 0.119 e. The Labute approximate surface area is 132 Å². The van der Waals surface area contributed by atoms with Crippen LogP contribution < -0.4 is 4.74 Å². The van der Waals surface area contributed by atoms with Gasteiger partial charge in [0.05, 0.1) is 6.61 Å². The van der Waals surface area contributed by atoms with Crippen molar-refractivity contribution in [3.8, 4) is 5.75 Å². The number of likely N-dealkylation sites (tertiary alicyclic amines) is 1. The van der Waals surface area contributed by atoms with Gasteiger partial charge in [-0.1, -0.05) is 17.7 Å². The number of H-pyrrole nitrogens is 1. The molecular formula is C18H25N3O. The van der Waals surface area contributed by atoms with Gasteiger partial charge in [-0.15, -0.1) is 0 Å². The largest absolute Gasteiger partial charge is 0.493 e. The Hall–Kier alpha value is -1.81. The Bertz CT molecular complexity index is 550. The van der Waals surface area contributed by atoms with Gasteiger partial charge in [0, 0.05) is 37.8 Å². The molecule has 3 rings (SSSR count). The Balaban J connectivity index is 1.43. The molecule has 2 heterocycles.